The van der Waals surface area contributed by atoms with Gasteiger partial charge in [-0.15, -0.1) is 0 Å². The lowest BCUT2D eigenvalue weighted by atomic mass is 10.1. The molecule has 0 fully saturated rings. The first-order valence-corrected chi connectivity index (χ1v) is 9.45. The molecule has 0 saturated heterocycles. The summed E-state index contributed by atoms with van der Waals surface area (Å²) in [4.78, 5) is 12.7. The van der Waals surface area contributed by atoms with Gasteiger partial charge in [0.05, 0.1) is 11.7 Å². The molecular weight excluding hydrogens is 364 g/mol. The number of carbonyl (C=O) groups is 1. The average Bonchev–Trinajstić information content (AvgIpc) is 3.13. The molecule has 3 aromatic carbocycles. The number of aromatic nitrogens is 1. The van der Waals surface area contributed by atoms with E-state index < -0.39 is 6.10 Å². The minimum Gasteiger partial charge on any atom is -0.457 e. The fraction of sp³-hybridized carbons (Fsp3) is 0.125. The second-order valence-electron chi connectivity index (χ2n) is 6.88. The van der Waals surface area contributed by atoms with E-state index in [4.69, 9.17) is 4.74 Å². The van der Waals surface area contributed by atoms with E-state index in [2.05, 4.69) is 5.32 Å². The van der Waals surface area contributed by atoms with Gasteiger partial charge < -0.3 is 19.7 Å². The van der Waals surface area contributed by atoms with Gasteiger partial charge in [0.2, 0.25) is 0 Å². The molecule has 1 atom stereocenters. The van der Waals surface area contributed by atoms with E-state index >= 15 is 0 Å². The van der Waals surface area contributed by atoms with Crippen LogP contribution in [0.1, 0.15) is 22.0 Å². The highest BCUT2D eigenvalue weighted by atomic mass is 16.5. The highest BCUT2D eigenvalue weighted by molar-refractivity contribution is 5.97. The number of nitrogens with one attached hydrogen (secondary N) is 1. The Morgan fingerprint density at radius 2 is 1.79 bits per heavy atom. The third-order valence-corrected chi connectivity index (χ3v) is 4.85. The van der Waals surface area contributed by atoms with Crippen LogP contribution in [-0.2, 0) is 7.05 Å². The SMILES string of the molecule is Cn1ccc2cc(C(O)CNC(=O)c3ccccc3Oc3ccccc3)ccc21. The molecular formula is C24H22N2O3. The molecule has 0 aliphatic rings. The normalized spacial score (nSPS) is 11.9. The Morgan fingerprint density at radius 1 is 1.03 bits per heavy atom. The average molecular weight is 386 g/mol. The van der Waals surface area contributed by atoms with Crippen molar-refractivity contribution in [1.29, 1.82) is 0 Å². The summed E-state index contributed by atoms with van der Waals surface area (Å²) in [6.07, 6.45) is 1.18. The van der Waals surface area contributed by atoms with Crippen LogP contribution in [-0.4, -0.2) is 22.1 Å². The maximum absolute atomic E-state index is 12.7. The Labute approximate surface area is 169 Å². The number of hydrogen-bond acceptors (Lipinski definition) is 3. The van der Waals surface area contributed by atoms with E-state index in [0.29, 0.717) is 17.1 Å². The summed E-state index contributed by atoms with van der Waals surface area (Å²) in [5.74, 6) is 0.830. The highest BCUT2D eigenvalue weighted by Gasteiger charge is 2.15. The molecule has 0 radical (unpaired) electrons. The molecule has 0 aliphatic carbocycles. The van der Waals surface area contributed by atoms with Crippen molar-refractivity contribution in [2.24, 2.45) is 7.05 Å². The number of fused-ring (bicyclic) bond motifs is 1. The summed E-state index contributed by atoms with van der Waals surface area (Å²) in [5, 5.41) is 14.4. The van der Waals surface area contributed by atoms with E-state index in [9.17, 15) is 9.90 Å². The molecule has 0 bridgehead atoms. The van der Waals surface area contributed by atoms with Crippen LogP contribution in [0.15, 0.2) is 85.1 Å². The number of nitrogens with zero attached hydrogens (tertiary/aromatic N) is 1. The van der Waals surface area contributed by atoms with E-state index in [1.165, 1.54) is 0 Å². The number of aryl methyl sites for hydroxylation is 1. The minimum absolute atomic E-state index is 0.108. The van der Waals surface area contributed by atoms with E-state index in [1.807, 2.05) is 78.5 Å². The van der Waals surface area contributed by atoms with Gasteiger partial charge in [0.25, 0.3) is 5.91 Å². The first-order valence-electron chi connectivity index (χ1n) is 9.45. The lowest BCUT2D eigenvalue weighted by Crippen LogP contribution is -2.28. The Bertz CT molecular complexity index is 1140. The summed E-state index contributed by atoms with van der Waals surface area (Å²) < 4.78 is 7.87. The van der Waals surface area contributed by atoms with Crippen LogP contribution >= 0.6 is 0 Å². The first kappa shape index (κ1) is 18.8. The number of hydrogen-bond donors (Lipinski definition) is 2. The zero-order valence-electron chi connectivity index (χ0n) is 16.1. The van der Waals surface area contributed by atoms with Crippen LogP contribution in [0.25, 0.3) is 10.9 Å². The number of rotatable bonds is 6. The predicted molar refractivity (Wildman–Crippen MR) is 113 cm³/mol. The van der Waals surface area contributed by atoms with Gasteiger partial charge in [-0.2, -0.15) is 0 Å². The monoisotopic (exact) mass is 386 g/mol. The standard InChI is InChI=1S/C24H22N2O3/c1-26-14-13-17-15-18(11-12-21(17)26)22(27)16-25-24(28)20-9-5-6-10-23(20)29-19-7-3-2-4-8-19/h2-15,22,27H,16H2,1H3,(H,25,28). The van der Waals surface area contributed by atoms with Crippen molar-refractivity contribution in [3.05, 3.63) is 96.2 Å². The summed E-state index contributed by atoms with van der Waals surface area (Å²) in [7, 11) is 1.98. The summed E-state index contributed by atoms with van der Waals surface area (Å²) >= 11 is 0. The molecule has 5 heteroatoms. The molecule has 29 heavy (non-hydrogen) atoms. The van der Waals surface area contributed by atoms with Crippen molar-refractivity contribution in [1.82, 2.24) is 9.88 Å². The number of ether oxygens (including phenoxy) is 1. The molecule has 146 valence electrons. The molecule has 1 amide bonds. The topological polar surface area (TPSA) is 63.5 Å². The maximum Gasteiger partial charge on any atom is 0.255 e. The quantitative estimate of drug-likeness (QED) is 0.515. The lowest BCUT2D eigenvalue weighted by Gasteiger charge is -2.14. The van der Waals surface area contributed by atoms with Gasteiger partial charge in [0, 0.05) is 25.3 Å². The number of aliphatic hydroxyl groups excluding tert-OH is 1. The lowest BCUT2D eigenvalue weighted by molar-refractivity contribution is 0.0914. The Hall–Kier alpha value is -3.57. The van der Waals surface area contributed by atoms with Crippen LogP contribution < -0.4 is 10.1 Å². The molecule has 4 aromatic rings. The van der Waals surface area contributed by atoms with E-state index in [0.717, 1.165) is 16.5 Å². The molecule has 0 saturated carbocycles. The second-order valence-corrected chi connectivity index (χ2v) is 6.88. The van der Waals surface area contributed by atoms with Crippen LogP contribution in [0.2, 0.25) is 0 Å². The largest absolute Gasteiger partial charge is 0.457 e. The highest BCUT2D eigenvalue weighted by Crippen LogP contribution is 2.25. The van der Waals surface area contributed by atoms with E-state index in [-0.39, 0.29) is 12.5 Å². The number of aliphatic hydroxyl groups is 1. The van der Waals surface area contributed by atoms with Crippen molar-refractivity contribution in [3.63, 3.8) is 0 Å². The minimum atomic E-state index is -0.800. The smallest absolute Gasteiger partial charge is 0.255 e. The number of para-hydroxylation sites is 2. The van der Waals surface area contributed by atoms with Crippen molar-refractivity contribution in [3.8, 4) is 11.5 Å². The second kappa shape index (κ2) is 8.20. The predicted octanol–water partition coefficient (Wildman–Crippen LogP) is 4.43. The van der Waals surface area contributed by atoms with E-state index in [1.54, 1.807) is 18.2 Å². The fourth-order valence-corrected chi connectivity index (χ4v) is 3.27. The Morgan fingerprint density at radius 3 is 2.62 bits per heavy atom. The molecule has 1 unspecified atom stereocenters. The van der Waals surface area contributed by atoms with Gasteiger partial charge in [-0.25, -0.2) is 0 Å². The third kappa shape index (κ3) is 4.15. The number of amides is 1. The number of carbonyl (C=O) groups excluding carboxylic acids is 1. The van der Waals surface area contributed by atoms with Gasteiger partial charge in [0.1, 0.15) is 11.5 Å². The van der Waals surface area contributed by atoms with Gasteiger partial charge >= 0.3 is 0 Å². The van der Waals surface area contributed by atoms with Gasteiger partial charge in [-0.05, 0) is 53.4 Å². The van der Waals surface area contributed by atoms with Gasteiger partial charge in [0.15, 0.2) is 0 Å². The zero-order chi connectivity index (χ0) is 20.2. The molecule has 0 spiro atoms. The van der Waals surface area contributed by atoms with Gasteiger partial charge in [-0.3, -0.25) is 4.79 Å². The fourth-order valence-electron chi connectivity index (χ4n) is 3.27. The van der Waals surface area contributed by atoms with Crippen LogP contribution in [0.3, 0.4) is 0 Å². The van der Waals surface area contributed by atoms with Crippen LogP contribution in [0.4, 0.5) is 0 Å². The molecule has 0 aliphatic heterocycles. The number of benzene rings is 3. The van der Waals surface area contributed by atoms with Crippen molar-refractivity contribution >= 4 is 16.8 Å². The maximum atomic E-state index is 12.7. The van der Waals surface area contributed by atoms with Crippen molar-refractivity contribution < 1.29 is 14.6 Å². The summed E-state index contributed by atoms with van der Waals surface area (Å²) in [6, 6.07) is 24.2. The van der Waals surface area contributed by atoms with Crippen molar-refractivity contribution in [2.45, 2.75) is 6.10 Å². The third-order valence-electron chi connectivity index (χ3n) is 4.85. The molecule has 4 rings (SSSR count). The van der Waals surface area contributed by atoms with Gasteiger partial charge in [-0.1, -0.05) is 36.4 Å². The van der Waals surface area contributed by atoms with Crippen LogP contribution in [0.5, 0.6) is 11.5 Å². The molecule has 1 aromatic heterocycles. The summed E-state index contributed by atoms with van der Waals surface area (Å²) in [5.41, 5.74) is 2.27. The Kier molecular flexibility index (Phi) is 5.31. The first-order chi connectivity index (χ1) is 14.1. The zero-order valence-corrected chi connectivity index (χ0v) is 16.1. The summed E-state index contributed by atoms with van der Waals surface area (Å²) in [6.45, 7) is 0.108. The van der Waals surface area contributed by atoms with Crippen molar-refractivity contribution in [2.75, 3.05) is 6.54 Å². The molecule has 1 heterocycles. The molecule has 2 N–H and O–H groups in total. The Balaban J connectivity index is 1.45. The molecule has 5 nitrogen and oxygen atoms in total. The van der Waals surface area contributed by atoms with Crippen LogP contribution in [0, 0.1) is 0 Å².